The van der Waals surface area contributed by atoms with Crippen molar-refractivity contribution >= 4 is 44.8 Å². The van der Waals surface area contributed by atoms with Crippen LogP contribution >= 0.6 is 15.9 Å². The highest BCUT2D eigenvalue weighted by Crippen LogP contribution is 2.32. The summed E-state index contributed by atoms with van der Waals surface area (Å²) < 4.78 is 8.04. The molecule has 2 amide bonds. The molecule has 1 aromatic carbocycles. The van der Waals surface area contributed by atoms with Crippen LogP contribution in [-0.4, -0.2) is 56.3 Å². The van der Waals surface area contributed by atoms with Crippen LogP contribution in [0.25, 0.3) is 10.9 Å². The van der Waals surface area contributed by atoms with Crippen molar-refractivity contribution in [1.82, 2.24) is 14.8 Å². The molecule has 0 radical (unpaired) electrons. The number of carboxylic acids is 1. The molecule has 2 aromatic rings. The highest BCUT2D eigenvalue weighted by molar-refractivity contribution is 9.10. The van der Waals surface area contributed by atoms with Crippen LogP contribution in [-0.2, 0) is 16.6 Å². The number of aromatic nitrogens is 1. The molecule has 0 spiro atoms. The number of fused-ring (bicyclic) bond motifs is 1. The molecule has 0 saturated carbocycles. The molecule has 2 N–H and O–H groups in total. The molecule has 1 aromatic heterocycles. The minimum absolute atomic E-state index is 0.0527. The number of benzene rings is 1. The van der Waals surface area contributed by atoms with E-state index in [4.69, 9.17) is 4.74 Å². The van der Waals surface area contributed by atoms with Crippen LogP contribution in [0.15, 0.2) is 28.7 Å². The molecule has 1 aliphatic heterocycles. The molecule has 162 valence electrons. The molecule has 8 nitrogen and oxygen atoms in total. The van der Waals surface area contributed by atoms with Crippen molar-refractivity contribution in [2.24, 2.45) is 7.05 Å². The normalized spacial score (nSPS) is 21.7. The number of aryl methyl sites for hydroxylation is 1. The fourth-order valence-electron chi connectivity index (χ4n) is 3.77. The lowest BCUT2D eigenvalue weighted by molar-refractivity contribution is -0.148. The first-order valence-corrected chi connectivity index (χ1v) is 10.4. The van der Waals surface area contributed by atoms with Crippen molar-refractivity contribution in [1.29, 1.82) is 0 Å². The van der Waals surface area contributed by atoms with Gasteiger partial charge < -0.3 is 19.7 Å². The van der Waals surface area contributed by atoms with Crippen molar-refractivity contribution < 1.29 is 24.2 Å². The van der Waals surface area contributed by atoms with Crippen molar-refractivity contribution in [3.63, 3.8) is 0 Å². The zero-order valence-electron chi connectivity index (χ0n) is 17.7. The largest absolute Gasteiger partial charge is 0.480 e. The molecule has 2 heterocycles. The summed E-state index contributed by atoms with van der Waals surface area (Å²) in [5, 5.41) is 13.5. The van der Waals surface area contributed by atoms with E-state index in [9.17, 15) is 19.5 Å². The van der Waals surface area contributed by atoms with E-state index < -0.39 is 29.2 Å². The van der Waals surface area contributed by atoms with Gasteiger partial charge in [-0.05, 0) is 45.9 Å². The number of nitrogens with zero attached hydrogens (tertiary/aromatic N) is 2. The number of carbonyl (C=O) groups is 3. The van der Waals surface area contributed by atoms with Crippen LogP contribution in [0.4, 0.5) is 4.79 Å². The van der Waals surface area contributed by atoms with E-state index in [0.717, 1.165) is 15.4 Å². The lowest BCUT2D eigenvalue weighted by Gasteiger charge is -2.32. The third-order valence-corrected chi connectivity index (χ3v) is 6.01. The molecular weight excluding hydrogens is 454 g/mol. The molecular formula is C21H26BrN3O5. The number of nitrogens with one attached hydrogen (secondary N) is 1. The van der Waals surface area contributed by atoms with Gasteiger partial charge in [0.05, 0.1) is 0 Å². The van der Waals surface area contributed by atoms with Gasteiger partial charge in [0.15, 0.2) is 0 Å². The first-order valence-electron chi connectivity index (χ1n) is 9.62. The molecule has 0 bridgehead atoms. The summed E-state index contributed by atoms with van der Waals surface area (Å²) in [7, 11) is 1.80. The maximum Gasteiger partial charge on any atom is 0.411 e. The van der Waals surface area contributed by atoms with Crippen LogP contribution < -0.4 is 5.32 Å². The van der Waals surface area contributed by atoms with Gasteiger partial charge in [-0.15, -0.1) is 0 Å². The molecule has 2 atom stereocenters. The minimum Gasteiger partial charge on any atom is -0.480 e. The van der Waals surface area contributed by atoms with E-state index in [0.29, 0.717) is 5.69 Å². The quantitative estimate of drug-likeness (QED) is 0.700. The summed E-state index contributed by atoms with van der Waals surface area (Å²) in [5.41, 5.74) is -0.882. The minimum atomic E-state index is -1.47. The fourth-order valence-corrected chi connectivity index (χ4v) is 4.24. The number of likely N-dealkylation sites (tertiary alicyclic amines) is 1. The van der Waals surface area contributed by atoms with Gasteiger partial charge >= 0.3 is 12.1 Å². The van der Waals surface area contributed by atoms with Gasteiger partial charge in [-0.25, -0.2) is 9.59 Å². The van der Waals surface area contributed by atoms with E-state index in [-0.39, 0.29) is 18.9 Å². The first kappa shape index (κ1) is 22.1. The standard InChI is InChI=1S/C21H26BrN3O5/c1-20(2,3)30-19(29)25-11-12(10-21(25,4)18(27)28)23-17(26)16-9-13-14(22)7-6-8-15(13)24(16)5/h6-9,12H,10-11H2,1-5H3,(H,23,26)(H,27,28)/t12-,21+/m1/s1. The number of rotatable bonds is 3. The number of hydrogen-bond acceptors (Lipinski definition) is 4. The third-order valence-electron chi connectivity index (χ3n) is 5.32. The Morgan fingerprint density at radius 1 is 1.30 bits per heavy atom. The average molecular weight is 480 g/mol. The van der Waals surface area contributed by atoms with Crippen LogP contribution in [0, 0.1) is 0 Å². The van der Waals surface area contributed by atoms with Gasteiger partial charge in [0.1, 0.15) is 16.8 Å². The van der Waals surface area contributed by atoms with E-state index in [1.54, 1.807) is 38.5 Å². The van der Waals surface area contributed by atoms with Gasteiger partial charge in [-0.3, -0.25) is 9.69 Å². The summed E-state index contributed by atoms with van der Waals surface area (Å²) in [6, 6.07) is 6.97. The number of aliphatic carboxylic acids is 1. The van der Waals surface area contributed by atoms with Gasteiger partial charge in [-0.1, -0.05) is 22.0 Å². The lowest BCUT2D eigenvalue weighted by atomic mass is 9.97. The smallest absolute Gasteiger partial charge is 0.411 e. The summed E-state index contributed by atoms with van der Waals surface area (Å²) in [6.07, 6.45) is -0.626. The van der Waals surface area contributed by atoms with Crippen molar-refractivity contribution in [3.05, 3.63) is 34.4 Å². The molecule has 9 heteroatoms. The summed E-state index contributed by atoms with van der Waals surface area (Å²) in [4.78, 5) is 38.7. The number of halogens is 1. The highest BCUT2D eigenvalue weighted by atomic mass is 79.9. The van der Waals surface area contributed by atoms with Gasteiger partial charge in [0.2, 0.25) is 0 Å². The number of amides is 2. The molecule has 3 rings (SSSR count). The van der Waals surface area contributed by atoms with Crippen molar-refractivity contribution in [2.75, 3.05) is 6.54 Å². The molecule has 30 heavy (non-hydrogen) atoms. The highest BCUT2D eigenvalue weighted by Gasteiger charge is 2.52. The van der Waals surface area contributed by atoms with Crippen LogP contribution in [0.5, 0.6) is 0 Å². The van der Waals surface area contributed by atoms with E-state index in [1.807, 2.05) is 18.2 Å². The SMILES string of the molecule is Cn1c(C(=O)N[C@H]2CN(C(=O)OC(C)(C)C)[C@](C)(C(=O)O)C2)cc2c(Br)cccc21. The first-order chi connectivity index (χ1) is 13.8. The Morgan fingerprint density at radius 2 is 1.97 bits per heavy atom. The lowest BCUT2D eigenvalue weighted by Crippen LogP contribution is -2.52. The number of ether oxygens (including phenoxy) is 1. The van der Waals surface area contributed by atoms with Gasteiger partial charge in [0.25, 0.3) is 5.91 Å². The monoisotopic (exact) mass is 479 g/mol. The molecule has 1 fully saturated rings. The molecule has 1 aliphatic rings. The van der Waals surface area contributed by atoms with E-state index in [1.165, 1.54) is 11.8 Å². The van der Waals surface area contributed by atoms with Crippen LogP contribution in [0.1, 0.15) is 44.6 Å². The Kier molecular flexibility index (Phi) is 5.62. The summed E-state index contributed by atoms with van der Waals surface area (Å²) in [6.45, 7) is 6.68. The predicted octanol–water partition coefficient (Wildman–Crippen LogP) is 3.52. The Bertz CT molecular complexity index is 1030. The van der Waals surface area contributed by atoms with Crippen LogP contribution in [0.2, 0.25) is 0 Å². The average Bonchev–Trinajstić information content (AvgIpc) is 3.13. The van der Waals surface area contributed by atoms with Gasteiger partial charge in [0, 0.05) is 41.4 Å². The Morgan fingerprint density at radius 3 is 2.53 bits per heavy atom. The maximum atomic E-state index is 13.0. The van der Waals surface area contributed by atoms with E-state index >= 15 is 0 Å². The Labute approximate surface area is 183 Å². The van der Waals surface area contributed by atoms with Crippen molar-refractivity contribution in [2.45, 2.75) is 51.3 Å². The second kappa shape index (κ2) is 7.61. The van der Waals surface area contributed by atoms with E-state index in [2.05, 4.69) is 21.2 Å². The van der Waals surface area contributed by atoms with Gasteiger partial charge in [-0.2, -0.15) is 0 Å². The molecule has 0 unspecified atom stereocenters. The zero-order chi connectivity index (χ0) is 22.4. The number of carbonyl (C=O) groups excluding carboxylic acids is 2. The summed E-state index contributed by atoms with van der Waals surface area (Å²) >= 11 is 3.49. The Hall–Kier alpha value is -2.55. The van der Waals surface area contributed by atoms with Crippen molar-refractivity contribution in [3.8, 4) is 0 Å². The second-order valence-corrected chi connectivity index (χ2v) is 9.66. The zero-order valence-corrected chi connectivity index (χ0v) is 19.2. The van der Waals surface area contributed by atoms with Crippen LogP contribution in [0.3, 0.4) is 0 Å². The second-order valence-electron chi connectivity index (χ2n) is 8.81. The molecule has 0 aliphatic carbocycles. The Balaban J connectivity index is 1.83. The number of carboxylic acid groups (broad SMARTS) is 1. The summed E-state index contributed by atoms with van der Waals surface area (Å²) in [5.74, 6) is -1.47. The fraction of sp³-hybridized carbons (Fsp3) is 0.476. The maximum absolute atomic E-state index is 13.0. The predicted molar refractivity (Wildman–Crippen MR) is 115 cm³/mol. The number of hydrogen-bond donors (Lipinski definition) is 2. The third kappa shape index (κ3) is 4.03. The topological polar surface area (TPSA) is 101 Å². The molecule has 1 saturated heterocycles.